The molecular weight excluding hydrogens is 181 g/mol. The molecule has 0 bridgehead atoms. The number of carboxylic acid groups (broad SMARTS) is 1. The number of nitrogens with zero attached hydrogens (tertiary/aromatic N) is 1. The molecule has 1 aliphatic rings. The molecule has 0 aromatic rings. The number of carbonyl (C=O) groups is 2. The van der Waals surface area contributed by atoms with Gasteiger partial charge >= 0.3 is 5.97 Å². The van der Waals surface area contributed by atoms with E-state index in [-0.39, 0.29) is 19.0 Å². The third-order valence-electron chi connectivity index (χ3n) is 2.06. The van der Waals surface area contributed by atoms with E-state index in [9.17, 15) is 19.1 Å². The molecule has 1 amide bonds. The van der Waals surface area contributed by atoms with Gasteiger partial charge in [0.2, 0.25) is 12.1 Å². The summed E-state index contributed by atoms with van der Waals surface area (Å²) in [5.74, 6) is -2.01. The lowest BCUT2D eigenvalue weighted by atomic mass is 9.89. The van der Waals surface area contributed by atoms with Gasteiger partial charge < -0.3 is 15.1 Å². The lowest BCUT2D eigenvalue weighted by Gasteiger charge is -2.46. The standard InChI is InChI=1S/C7H10FNO4/c1-4(10)9-2-7(13,3-9)5(8)6(11)12/h5,13H,2-3H2,1H3,(H,11,12). The average Bonchev–Trinajstić information content (AvgIpc) is 1.96. The largest absolute Gasteiger partial charge is 0.479 e. The number of likely N-dealkylation sites (tertiary alicyclic amines) is 1. The average molecular weight is 191 g/mol. The predicted molar refractivity (Wildman–Crippen MR) is 39.7 cm³/mol. The number of amides is 1. The van der Waals surface area contributed by atoms with E-state index in [4.69, 9.17) is 5.11 Å². The second-order valence-electron chi connectivity index (χ2n) is 3.18. The Balaban J connectivity index is 2.55. The van der Waals surface area contributed by atoms with Crippen LogP contribution >= 0.6 is 0 Å². The van der Waals surface area contributed by atoms with Crippen molar-refractivity contribution < 1.29 is 24.2 Å². The first-order valence-corrected chi connectivity index (χ1v) is 3.71. The zero-order chi connectivity index (χ0) is 10.2. The fraction of sp³-hybridized carbons (Fsp3) is 0.714. The molecule has 1 fully saturated rings. The van der Waals surface area contributed by atoms with Crippen molar-refractivity contribution in [3.63, 3.8) is 0 Å². The minimum atomic E-state index is -2.33. The maximum Gasteiger partial charge on any atom is 0.341 e. The topological polar surface area (TPSA) is 77.8 Å². The molecule has 0 aliphatic carbocycles. The molecule has 0 saturated carbocycles. The molecule has 6 heteroatoms. The third-order valence-corrected chi connectivity index (χ3v) is 2.06. The van der Waals surface area contributed by atoms with Crippen LogP contribution in [0.4, 0.5) is 4.39 Å². The van der Waals surface area contributed by atoms with Crippen molar-refractivity contribution in [1.29, 1.82) is 0 Å². The molecule has 0 spiro atoms. The summed E-state index contributed by atoms with van der Waals surface area (Å²) >= 11 is 0. The van der Waals surface area contributed by atoms with Gasteiger partial charge in [0.1, 0.15) is 5.60 Å². The molecule has 5 nitrogen and oxygen atoms in total. The zero-order valence-electron chi connectivity index (χ0n) is 7.03. The highest BCUT2D eigenvalue weighted by Crippen LogP contribution is 2.26. The highest BCUT2D eigenvalue weighted by atomic mass is 19.1. The van der Waals surface area contributed by atoms with Crippen LogP contribution in [0.25, 0.3) is 0 Å². The van der Waals surface area contributed by atoms with E-state index in [1.807, 2.05) is 0 Å². The summed E-state index contributed by atoms with van der Waals surface area (Å²) in [6.45, 7) is 0.763. The van der Waals surface area contributed by atoms with Crippen LogP contribution in [0.2, 0.25) is 0 Å². The van der Waals surface area contributed by atoms with Gasteiger partial charge in [0, 0.05) is 6.92 Å². The van der Waals surface area contributed by atoms with Crippen LogP contribution < -0.4 is 0 Å². The predicted octanol–water partition coefficient (Wildman–Crippen LogP) is -0.998. The zero-order valence-corrected chi connectivity index (χ0v) is 7.03. The SMILES string of the molecule is CC(=O)N1CC(O)(C(F)C(=O)O)C1. The maximum atomic E-state index is 12.8. The summed E-state index contributed by atoms with van der Waals surface area (Å²) in [7, 11) is 0. The third kappa shape index (κ3) is 1.62. The molecule has 13 heavy (non-hydrogen) atoms. The van der Waals surface area contributed by atoms with E-state index in [0.29, 0.717) is 0 Å². The Morgan fingerprint density at radius 3 is 2.31 bits per heavy atom. The summed E-state index contributed by atoms with van der Waals surface area (Å²) in [5, 5.41) is 17.6. The number of β-amino-alcohol motifs (C(OH)–C–C–N with tert-alkyl or cyclic N) is 1. The van der Waals surface area contributed by atoms with Crippen LogP contribution in [0, 0.1) is 0 Å². The number of alkyl halides is 1. The Kier molecular flexibility index (Phi) is 2.25. The smallest absolute Gasteiger partial charge is 0.341 e. The highest BCUT2D eigenvalue weighted by molar-refractivity contribution is 5.77. The summed E-state index contributed by atoms with van der Waals surface area (Å²) in [6.07, 6.45) is -2.33. The van der Waals surface area contributed by atoms with Crippen molar-refractivity contribution in [2.24, 2.45) is 0 Å². The molecule has 1 unspecified atom stereocenters. The van der Waals surface area contributed by atoms with Gasteiger partial charge in [0.15, 0.2) is 0 Å². The Morgan fingerprint density at radius 2 is 2.00 bits per heavy atom. The quantitative estimate of drug-likeness (QED) is 0.587. The van der Waals surface area contributed by atoms with E-state index >= 15 is 0 Å². The van der Waals surface area contributed by atoms with Gasteiger partial charge in [-0.25, -0.2) is 9.18 Å². The first kappa shape index (κ1) is 9.91. The van der Waals surface area contributed by atoms with Gasteiger partial charge in [-0.1, -0.05) is 0 Å². The molecule has 1 rings (SSSR count). The number of hydrogen-bond donors (Lipinski definition) is 2. The van der Waals surface area contributed by atoms with E-state index in [1.165, 1.54) is 11.8 Å². The van der Waals surface area contributed by atoms with Crippen LogP contribution in [0.15, 0.2) is 0 Å². The fourth-order valence-corrected chi connectivity index (χ4v) is 1.23. The number of halogens is 1. The lowest BCUT2D eigenvalue weighted by Crippen LogP contribution is -2.68. The van der Waals surface area contributed by atoms with E-state index in [1.54, 1.807) is 0 Å². The molecule has 1 aliphatic heterocycles. The summed E-state index contributed by atoms with van der Waals surface area (Å²) in [6, 6.07) is 0. The number of hydrogen-bond acceptors (Lipinski definition) is 3. The Hall–Kier alpha value is -1.17. The van der Waals surface area contributed by atoms with Crippen LogP contribution in [-0.2, 0) is 9.59 Å². The van der Waals surface area contributed by atoms with E-state index in [0.717, 1.165) is 0 Å². The minimum absolute atomic E-state index is 0.254. The van der Waals surface area contributed by atoms with Crippen LogP contribution in [-0.4, -0.2) is 51.9 Å². The van der Waals surface area contributed by atoms with Gasteiger partial charge in [-0.2, -0.15) is 0 Å². The van der Waals surface area contributed by atoms with Gasteiger partial charge in [-0.3, -0.25) is 4.79 Å². The van der Waals surface area contributed by atoms with Crippen molar-refractivity contribution in [3.05, 3.63) is 0 Å². The molecule has 0 radical (unpaired) electrons. The van der Waals surface area contributed by atoms with Crippen LogP contribution in [0.5, 0.6) is 0 Å². The van der Waals surface area contributed by atoms with Crippen molar-refractivity contribution in [3.8, 4) is 0 Å². The van der Waals surface area contributed by atoms with Gasteiger partial charge in [0.25, 0.3) is 0 Å². The molecule has 1 saturated heterocycles. The maximum absolute atomic E-state index is 12.8. The minimum Gasteiger partial charge on any atom is -0.479 e. The molecule has 2 N–H and O–H groups in total. The Bertz CT molecular complexity index is 249. The lowest BCUT2D eigenvalue weighted by molar-refractivity contribution is -0.181. The summed E-state index contributed by atoms with van der Waals surface area (Å²) in [5.41, 5.74) is -1.91. The number of aliphatic hydroxyl groups is 1. The van der Waals surface area contributed by atoms with Crippen molar-refractivity contribution in [1.82, 2.24) is 4.90 Å². The first-order chi connectivity index (χ1) is 5.87. The molecule has 0 aromatic carbocycles. The second kappa shape index (κ2) is 2.95. The summed E-state index contributed by atoms with van der Waals surface area (Å²) in [4.78, 5) is 22.0. The normalized spacial score (nSPS) is 21.9. The number of rotatable bonds is 2. The Labute approximate surface area is 73.8 Å². The fourth-order valence-electron chi connectivity index (χ4n) is 1.23. The van der Waals surface area contributed by atoms with E-state index < -0.39 is 17.7 Å². The molecular formula is C7H10FNO4. The number of aliphatic carboxylic acids is 1. The first-order valence-electron chi connectivity index (χ1n) is 3.71. The highest BCUT2D eigenvalue weighted by Gasteiger charge is 2.52. The van der Waals surface area contributed by atoms with Crippen LogP contribution in [0.3, 0.4) is 0 Å². The van der Waals surface area contributed by atoms with Crippen LogP contribution in [0.1, 0.15) is 6.92 Å². The molecule has 74 valence electrons. The van der Waals surface area contributed by atoms with Crippen molar-refractivity contribution in [2.75, 3.05) is 13.1 Å². The number of carbonyl (C=O) groups excluding carboxylic acids is 1. The monoisotopic (exact) mass is 191 g/mol. The summed E-state index contributed by atoms with van der Waals surface area (Å²) < 4.78 is 12.8. The molecule has 0 aromatic heterocycles. The number of carboxylic acids is 1. The van der Waals surface area contributed by atoms with Gasteiger partial charge in [-0.15, -0.1) is 0 Å². The van der Waals surface area contributed by atoms with Gasteiger partial charge in [0.05, 0.1) is 13.1 Å². The van der Waals surface area contributed by atoms with Gasteiger partial charge in [-0.05, 0) is 0 Å². The van der Waals surface area contributed by atoms with E-state index in [2.05, 4.69) is 0 Å². The molecule has 1 atom stereocenters. The second-order valence-corrected chi connectivity index (χ2v) is 3.18. The van der Waals surface area contributed by atoms with Crippen molar-refractivity contribution >= 4 is 11.9 Å². The Morgan fingerprint density at radius 1 is 1.54 bits per heavy atom. The molecule has 1 heterocycles. The van der Waals surface area contributed by atoms with Crippen molar-refractivity contribution in [2.45, 2.75) is 18.7 Å².